The minimum absolute atomic E-state index is 0.507. The van der Waals surface area contributed by atoms with Crippen molar-refractivity contribution in [1.82, 2.24) is 5.32 Å². The Labute approximate surface area is 131 Å². The van der Waals surface area contributed by atoms with Gasteiger partial charge in [0.25, 0.3) is 0 Å². The van der Waals surface area contributed by atoms with Crippen LogP contribution in [0.1, 0.15) is 72.6 Å². The molecule has 0 amide bonds. The highest BCUT2D eigenvalue weighted by Gasteiger charge is 2.61. The van der Waals surface area contributed by atoms with Crippen molar-refractivity contribution in [2.24, 2.45) is 22.2 Å². The molecule has 4 saturated carbocycles. The molecule has 4 aliphatic carbocycles. The maximum absolute atomic E-state index is 5.99. The molecule has 0 aromatic rings. The molecule has 3 unspecified atom stereocenters. The lowest BCUT2D eigenvalue weighted by Gasteiger charge is -2.67. The summed E-state index contributed by atoms with van der Waals surface area (Å²) < 4.78 is 5.99. The minimum atomic E-state index is 0.507. The van der Waals surface area contributed by atoms with E-state index in [2.05, 4.69) is 33.0 Å². The first-order valence-electron chi connectivity index (χ1n) is 9.24. The summed E-state index contributed by atoms with van der Waals surface area (Å²) in [6.07, 6.45) is 9.87. The van der Waals surface area contributed by atoms with Crippen LogP contribution < -0.4 is 5.32 Å². The molecular formula is C19H35NO. The third-order valence-corrected chi connectivity index (χ3v) is 6.49. The van der Waals surface area contributed by atoms with E-state index < -0.39 is 0 Å². The van der Waals surface area contributed by atoms with E-state index in [-0.39, 0.29) is 0 Å². The smallest absolute Gasteiger partial charge is 0.0625 e. The van der Waals surface area contributed by atoms with Crippen LogP contribution in [0.2, 0.25) is 0 Å². The maximum atomic E-state index is 5.99. The number of rotatable bonds is 7. The normalized spacial score (nSPS) is 46.0. The highest BCUT2D eigenvalue weighted by atomic mass is 16.5. The molecule has 4 rings (SSSR count). The number of hydrogen-bond acceptors (Lipinski definition) is 2. The van der Waals surface area contributed by atoms with E-state index in [4.69, 9.17) is 4.74 Å². The molecule has 0 radical (unpaired) electrons. The average molecular weight is 293 g/mol. The Balaban J connectivity index is 1.80. The Morgan fingerprint density at radius 1 is 1.05 bits per heavy atom. The molecular weight excluding hydrogens is 258 g/mol. The molecule has 4 bridgehead atoms. The minimum Gasteiger partial charge on any atom is -0.380 e. The molecule has 2 heteroatoms. The molecule has 3 atom stereocenters. The predicted molar refractivity (Wildman–Crippen MR) is 88.4 cm³/mol. The van der Waals surface area contributed by atoms with Gasteiger partial charge in [-0.1, -0.05) is 27.7 Å². The first-order valence-corrected chi connectivity index (χ1v) is 9.24. The molecule has 0 aromatic carbocycles. The molecule has 0 heterocycles. The van der Waals surface area contributed by atoms with E-state index in [1.165, 1.54) is 38.5 Å². The van der Waals surface area contributed by atoms with Crippen LogP contribution in [0.5, 0.6) is 0 Å². The van der Waals surface area contributed by atoms with Crippen LogP contribution in [0.25, 0.3) is 0 Å². The molecule has 0 saturated heterocycles. The van der Waals surface area contributed by atoms with Gasteiger partial charge in [0.2, 0.25) is 0 Å². The van der Waals surface area contributed by atoms with Gasteiger partial charge in [-0.3, -0.25) is 0 Å². The van der Waals surface area contributed by atoms with E-state index in [1.54, 1.807) is 0 Å². The zero-order valence-corrected chi connectivity index (χ0v) is 14.6. The third-order valence-electron chi connectivity index (χ3n) is 6.49. The highest BCUT2D eigenvalue weighted by Crippen LogP contribution is 2.70. The number of hydrogen-bond donors (Lipinski definition) is 1. The zero-order chi connectivity index (χ0) is 15.1. The van der Waals surface area contributed by atoms with Crippen molar-refractivity contribution in [3.8, 4) is 0 Å². The molecule has 0 aromatic heterocycles. The van der Waals surface area contributed by atoms with E-state index in [0.29, 0.717) is 22.3 Å². The summed E-state index contributed by atoms with van der Waals surface area (Å²) in [6.45, 7) is 12.5. The summed E-state index contributed by atoms with van der Waals surface area (Å²) in [4.78, 5) is 0. The Bertz CT molecular complexity index is 362. The van der Waals surface area contributed by atoms with Crippen molar-refractivity contribution >= 4 is 0 Å². The van der Waals surface area contributed by atoms with E-state index in [9.17, 15) is 0 Å². The fraction of sp³-hybridized carbons (Fsp3) is 1.00. The molecule has 122 valence electrons. The molecule has 4 fully saturated rings. The van der Waals surface area contributed by atoms with E-state index >= 15 is 0 Å². The molecule has 2 nitrogen and oxygen atoms in total. The van der Waals surface area contributed by atoms with Gasteiger partial charge in [-0.25, -0.2) is 0 Å². The number of ether oxygens (including phenoxy) is 1. The standard InChI is InChI=1S/C19H35NO/c1-5-7-21-11-16(20-6-2)19-10-15-8-17(3,13-19)12-18(4,9-15)14-19/h15-16,20H,5-14H2,1-4H3. The molecule has 21 heavy (non-hydrogen) atoms. The SMILES string of the molecule is CCCOCC(NCC)C12CC3CC(C)(CC(C)(C3)C1)C2. The van der Waals surface area contributed by atoms with Crippen LogP contribution >= 0.6 is 0 Å². The van der Waals surface area contributed by atoms with Crippen molar-refractivity contribution in [2.75, 3.05) is 19.8 Å². The molecule has 1 N–H and O–H groups in total. The first-order chi connectivity index (χ1) is 9.93. The largest absolute Gasteiger partial charge is 0.380 e. The molecule has 0 aliphatic heterocycles. The lowest BCUT2D eigenvalue weighted by atomic mass is 9.39. The maximum Gasteiger partial charge on any atom is 0.0625 e. The second-order valence-electron chi connectivity index (χ2n) is 9.18. The van der Waals surface area contributed by atoms with Gasteiger partial charge in [0.05, 0.1) is 6.61 Å². The van der Waals surface area contributed by atoms with Crippen molar-refractivity contribution in [1.29, 1.82) is 0 Å². The van der Waals surface area contributed by atoms with Gasteiger partial charge in [-0.2, -0.15) is 0 Å². The lowest BCUT2D eigenvalue weighted by molar-refractivity contribution is -0.164. The summed E-state index contributed by atoms with van der Waals surface area (Å²) in [5.74, 6) is 0.976. The topological polar surface area (TPSA) is 21.3 Å². The molecule has 4 aliphatic rings. The van der Waals surface area contributed by atoms with E-state index in [0.717, 1.165) is 32.1 Å². The Kier molecular flexibility index (Phi) is 4.16. The van der Waals surface area contributed by atoms with Crippen LogP contribution in [0.4, 0.5) is 0 Å². The van der Waals surface area contributed by atoms with Gasteiger partial charge < -0.3 is 10.1 Å². The fourth-order valence-electron chi connectivity index (χ4n) is 6.97. The second kappa shape index (κ2) is 5.53. The third kappa shape index (κ3) is 2.91. The van der Waals surface area contributed by atoms with Crippen LogP contribution in [0, 0.1) is 22.2 Å². The van der Waals surface area contributed by atoms with Crippen LogP contribution in [-0.2, 0) is 4.74 Å². The van der Waals surface area contributed by atoms with Crippen LogP contribution in [0.15, 0.2) is 0 Å². The first kappa shape index (κ1) is 15.8. The Hall–Kier alpha value is -0.0800. The molecule has 0 spiro atoms. The van der Waals surface area contributed by atoms with Gasteiger partial charge in [0.1, 0.15) is 0 Å². The van der Waals surface area contributed by atoms with Gasteiger partial charge in [-0.05, 0) is 73.7 Å². The van der Waals surface area contributed by atoms with Gasteiger partial charge in [0.15, 0.2) is 0 Å². The lowest BCUT2D eigenvalue weighted by Crippen LogP contribution is -2.62. The summed E-state index contributed by atoms with van der Waals surface area (Å²) in [5, 5.41) is 3.81. The zero-order valence-electron chi connectivity index (χ0n) is 14.6. The van der Waals surface area contributed by atoms with Crippen molar-refractivity contribution < 1.29 is 4.74 Å². The van der Waals surface area contributed by atoms with Crippen molar-refractivity contribution in [3.63, 3.8) is 0 Å². The summed E-state index contributed by atoms with van der Waals surface area (Å²) in [6, 6.07) is 0.566. The predicted octanol–water partition coefficient (Wildman–Crippen LogP) is 4.39. The summed E-state index contributed by atoms with van der Waals surface area (Å²) >= 11 is 0. The van der Waals surface area contributed by atoms with Gasteiger partial charge in [0, 0.05) is 12.6 Å². The quantitative estimate of drug-likeness (QED) is 0.703. The second-order valence-corrected chi connectivity index (χ2v) is 9.18. The van der Waals surface area contributed by atoms with E-state index in [1.807, 2.05) is 0 Å². The fourth-order valence-corrected chi connectivity index (χ4v) is 6.97. The number of nitrogens with one attached hydrogen (secondary N) is 1. The highest BCUT2D eigenvalue weighted by molar-refractivity contribution is 5.13. The van der Waals surface area contributed by atoms with Gasteiger partial charge >= 0.3 is 0 Å². The Morgan fingerprint density at radius 3 is 2.24 bits per heavy atom. The van der Waals surface area contributed by atoms with Crippen LogP contribution in [-0.4, -0.2) is 25.8 Å². The number of likely N-dealkylation sites (N-methyl/N-ethyl adjacent to an activating group) is 1. The Morgan fingerprint density at radius 2 is 1.71 bits per heavy atom. The van der Waals surface area contributed by atoms with Crippen molar-refractivity contribution in [3.05, 3.63) is 0 Å². The monoisotopic (exact) mass is 293 g/mol. The average Bonchev–Trinajstić information content (AvgIpc) is 2.33. The summed E-state index contributed by atoms with van der Waals surface area (Å²) in [7, 11) is 0. The summed E-state index contributed by atoms with van der Waals surface area (Å²) in [5.41, 5.74) is 1.71. The van der Waals surface area contributed by atoms with Crippen LogP contribution in [0.3, 0.4) is 0 Å². The van der Waals surface area contributed by atoms with Crippen molar-refractivity contribution in [2.45, 2.75) is 78.7 Å². The van der Waals surface area contributed by atoms with Gasteiger partial charge in [-0.15, -0.1) is 0 Å².